The van der Waals surface area contributed by atoms with Gasteiger partial charge >= 0.3 is 5.97 Å². The summed E-state index contributed by atoms with van der Waals surface area (Å²) in [6, 6.07) is 0. The van der Waals surface area contributed by atoms with E-state index in [1.54, 1.807) is 0 Å². The SMILES string of the molecule is CCCC(CCNC(=O)C1CC=CCC1)CCC(=O)O. The average molecular weight is 281 g/mol. The quantitative estimate of drug-likeness (QED) is 0.638. The van der Waals surface area contributed by atoms with Crippen LogP contribution in [0.1, 0.15) is 58.3 Å². The number of hydrogen-bond donors (Lipinski definition) is 2. The molecule has 1 aliphatic carbocycles. The van der Waals surface area contributed by atoms with Gasteiger partial charge in [0, 0.05) is 18.9 Å². The van der Waals surface area contributed by atoms with E-state index in [2.05, 4.69) is 24.4 Å². The number of rotatable bonds is 9. The molecule has 2 unspecified atom stereocenters. The molecule has 0 bridgehead atoms. The Labute approximate surface area is 121 Å². The summed E-state index contributed by atoms with van der Waals surface area (Å²) in [5, 5.41) is 11.7. The number of carboxylic acid groups (broad SMARTS) is 1. The number of allylic oxidation sites excluding steroid dienone is 2. The molecule has 0 heterocycles. The molecule has 0 spiro atoms. The fourth-order valence-electron chi connectivity index (χ4n) is 2.74. The van der Waals surface area contributed by atoms with Crippen LogP contribution in [0, 0.1) is 11.8 Å². The summed E-state index contributed by atoms with van der Waals surface area (Å²) < 4.78 is 0. The Hall–Kier alpha value is -1.32. The second-order valence-electron chi connectivity index (χ2n) is 5.65. The molecule has 0 radical (unpaired) electrons. The summed E-state index contributed by atoms with van der Waals surface area (Å²) >= 11 is 0. The second-order valence-corrected chi connectivity index (χ2v) is 5.65. The molecular formula is C16H27NO3. The number of carbonyl (C=O) groups is 2. The van der Waals surface area contributed by atoms with E-state index in [1.165, 1.54) is 0 Å². The summed E-state index contributed by atoms with van der Waals surface area (Å²) in [5.74, 6) is -0.0433. The Morgan fingerprint density at radius 1 is 1.30 bits per heavy atom. The molecule has 0 aromatic carbocycles. The van der Waals surface area contributed by atoms with Crippen molar-refractivity contribution in [3.05, 3.63) is 12.2 Å². The summed E-state index contributed by atoms with van der Waals surface area (Å²) in [5.41, 5.74) is 0. The van der Waals surface area contributed by atoms with Gasteiger partial charge in [0.2, 0.25) is 5.91 Å². The number of nitrogens with one attached hydrogen (secondary N) is 1. The van der Waals surface area contributed by atoms with Crippen LogP contribution in [0.15, 0.2) is 12.2 Å². The molecule has 2 N–H and O–H groups in total. The Bertz CT molecular complexity index is 339. The monoisotopic (exact) mass is 281 g/mol. The van der Waals surface area contributed by atoms with Crippen LogP contribution in [0.25, 0.3) is 0 Å². The van der Waals surface area contributed by atoms with Crippen molar-refractivity contribution in [3.8, 4) is 0 Å². The molecule has 0 aromatic rings. The molecular weight excluding hydrogens is 254 g/mol. The van der Waals surface area contributed by atoms with Crippen molar-refractivity contribution in [2.45, 2.75) is 58.3 Å². The molecule has 0 saturated carbocycles. The number of carbonyl (C=O) groups excluding carboxylic acids is 1. The van der Waals surface area contributed by atoms with E-state index in [9.17, 15) is 9.59 Å². The zero-order valence-corrected chi connectivity index (χ0v) is 12.4. The van der Waals surface area contributed by atoms with Gasteiger partial charge in [0.25, 0.3) is 0 Å². The minimum absolute atomic E-state index is 0.128. The van der Waals surface area contributed by atoms with E-state index in [-0.39, 0.29) is 18.2 Å². The number of amides is 1. The first-order valence-corrected chi connectivity index (χ1v) is 7.78. The molecule has 0 aliphatic heterocycles. The summed E-state index contributed by atoms with van der Waals surface area (Å²) in [6.07, 6.45) is 10.9. The van der Waals surface area contributed by atoms with Crippen LogP contribution < -0.4 is 5.32 Å². The highest BCUT2D eigenvalue weighted by atomic mass is 16.4. The van der Waals surface area contributed by atoms with Crippen molar-refractivity contribution in [2.24, 2.45) is 11.8 Å². The zero-order chi connectivity index (χ0) is 14.8. The number of hydrogen-bond acceptors (Lipinski definition) is 2. The van der Waals surface area contributed by atoms with Crippen LogP contribution in [0.2, 0.25) is 0 Å². The minimum Gasteiger partial charge on any atom is -0.481 e. The lowest BCUT2D eigenvalue weighted by atomic mass is 9.92. The van der Waals surface area contributed by atoms with Crippen LogP contribution >= 0.6 is 0 Å². The van der Waals surface area contributed by atoms with Gasteiger partial charge < -0.3 is 10.4 Å². The molecule has 4 nitrogen and oxygen atoms in total. The van der Waals surface area contributed by atoms with Crippen molar-refractivity contribution in [1.82, 2.24) is 5.32 Å². The molecule has 2 atom stereocenters. The maximum atomic E-state index is 12.0. The van der Waals surface area contributed by atoms with Gasteiger partial charge in [-0.25, -0.2) is 0 Å². The standard InChI is InChI=1S/C16H27NO3/c1-2-6-13(9-10-15(18)19)11-12-17-16(20)14-7-4-3-5-8-14/h3-4,13-14H,2,5-12H2,1H3,(H,17,20)(H,18,19). The molecule has 1 amide bonds. The van der Waals surface area contributed by atoms with Gasteiger partial charge in [0.15, 0.2) is 0 Å². The average Bonchev–Trinajstić information content (AvgIpc) is 2.45. The normalized spacial score (nSPS) is 19.6. The van der Waals surface area contributed by atoms with Crippen LogP contribution in [-0.2, 0) is 9.59 Å². The van der Waals surface area contributed by atoms with Crippen LogP contribution in [0.3, 0.4) is 0 Å². The van der Waals surface area contributed by atoms with Gasteiger partial charge in [-0.15, -0.1) is 0 Å². The highest BCUT2D eigenvalue weighted by Gasteiger charge is 2.18. The lowest BCUT2D eigenvalue weighted by molar-refractivity contribution is -0.137. The van der Waals surface area contributed by atoms with Gasteiger partial charge in [-0.05, 0) is 38.0 Å². The van der Waals surface area contributed by atoms with Gasteiger partial charge in [-0.1, -0.05) is 31.9 Å². The Morgan fingerprint density at radius 2 is 2.10 bits per heavy atom. The third kappa shape index (κ3) is 6.73. The van der Waals surface area contributed by atoms with Crippen molar-refractivity contribution in [2.75, 3.05) is 6.54 Å². The van der Waals surface area contributed by atoms with Gasteiger partial charge in [-0.3, -0.25) is 9.59 Å². The second kappa shape index (κ2) is 9.56. The first kappa shape index (κ1) is 16.7. The van der Waals surface area contributed by atoms with E-state index < -0.39 is 5.97 Å². The van der Waals surface area contributed by atoms with E-state index in [1.807, 2.05) is 0 Å². The first-order chi connectivity index (χ1) is 9.63. The molecule has 0 fully saturated rings. The molecule has 114 valence electrons. The maximum absolute atomic E-state index is 12.0. The molecule has 1 rings (SSSR count). The molecule has 0 saturated heterocycles. The third-order valence-electron chi connectivity index (χ3n) is 3.96. The fourth-order valence-corrected chi connectivity index (χ4v) is 2.74. The lowest BCUT2D eigenvalue weighted by Crippen LogP contribution is -2.32. The smallest absolute Gasteiger partial charge is 0.303 e. The van der Waals surface area contributed by atoms with Crippen molar-refractivity contribution in [3.63, 3.8) is 0 Å². The zero-order valence-electron chi connectivity index (χ0n) is 12.4. The summed E-state index contributed by atoms with van der Waals surface area (Å²) in [6.45, 7) is 2.78. The molecule has 1 aliphatic rings. The number of carboxylic acids is 1. The Kier molecular flexibility index (Phi) is 8.00. The van der Waals surface area contributed by atoms with Crippen LogP contribution in [-0.4, -0.2) is 23.5 Å². The van der Waals surface area contributed by atoms with E-state index in [0.29, 0.717) is 18.9 Å². The maximum Gasteiger partial charge on any atom is 0.303 e. The predicted octanol–water partition coefficient (Wildman–Crippen LogP) is 3.13. The van der Waals surface area contributed by atoms with E-state index >= 15 is 0 Å². The van der Waals surface area contributed by atoms with Crippen LogP contribution in [0.4, 0.5) is 0 Å². The Balaban J connectivity index is 2.23. The highest BCUT2D eigenvalue weighted by molar-refractivity contribution is 5.78. The van der Waals surface area contributed by atoms with Gasteiger partial charge in [0.1, 0.15) is 0 Å². The van der Waals surface area contributed by atoms with Gasteiger partial charge in [-0.2, -0.15) is 0 Å². The van der Waals surface area contributed by atoms with E-state index in [0.717, 1.165) is 38.5 Å². The minimum atomic E-state index is -0.732. The third-order valence-corrected chi connectivity index (χ3v) is 3.96. The summed E-state index contributed by atoms with van der Waals surface area (Å²) in [4.78, 5) is 22.6. The highest BCUT2D eigenvalue weighted by Crippen LogP contribution is 2.19. The summed E-state index contributed by atoms with van der Waals surface area (Å²) in [7, 11) is 0. The number of aliphatic carboxylic acids is 1. The van der Waals surface area contributed by atoms with Crippen molar-refractivity contribution < 1.29 is 14.7 Å². The van der Waals surface area contributed by atoms with E-state index in [4.69, 9.17) is 5.11 Å². The van der Waals surface area contributed by atoms with Crippen molar-refractivity contribution >= 4 is 11.9 Å². The van der Waals surface area contributed by atoms with Crippen LogP contribution in [0.5, 0.6) is 0 Å². The van der Waals surface area contributed by atoms with Gasteiger partial charge in [0.05, 0.1) is 0 Å². The lowest BCUT2D eigenvalue weighted by Gasteiger charge is -2.19. The Morgan fingerprint density at radius 3 is 2.70 bits per heavy atom. The molecule has 0 aromatic heterocycles. The molecule has 20 heavy (non-hydrogen) atoms. The largest absolute Gasteiger partial charge is 0.481 e. The topological polar surface area (TPSA) is 66.4 Å². The predicted molar refractivity (Wildman–Crippen MR) is 79.4 cm³/mol. The fraction of sp³-hybridized carbons (Fsp3) is 0.750. The molecule has 4 heteroatoms. The van der Waals surface area contributed by atoms with Crippen molar-refractivity contribution in [1.29, 1.82) is 0 Å². The first-order valence-electron chi connectivity index (χ1n) is 7.78.